The molecule has 0 aliphatic carbocycles. The second kappa shape index (κ2) is 7.81. The SMILES string of the molecule is O=C(N[C@@H]1CCn2nc(-c3ccnc(C(F)(F)F)c3)cc21)c1cn(C(F)(F)F)nc1C(F)F. The van der Waals surface area contributed by atoms with E-state index in [1.165, 1.54) is 16.8 Å². The first kappa shape index (κ1) is 22.7. The zero-order valence-electron chi connectivity index (χ0n) is 16.1. The summed E-state index contributed by atoms with van der Waals surface area (Å²) in [6.45, 7) is 0.237. The van der Waals surface area contributed by atoms with Crippen molar-refractivity contribution in [3.8, 4) is 11.3 Å². The molecule has 33 heavy (non-hydrogen) atoms. The van der Waals surface area contributed by atoms with E-state index in [9.17, 15) is 39.9 Å². The van der Waals surface area contributed by atoms with Crippen molar-refractivity contribution in [2.45, 2.75) is 37.9 Å². The molecule has 1 amide bonds. The average molecular weight is 480 g/mol. The van der Waals surface area contributed by atoms with E-state index in [2.05, 4.69) is 20.5 Å². The first-order valence-electron chi connectivity index (χ1n) is 9.21. The normalized spacial score (nSPS) is 16.3. The van der Waals surface area contributed by atoms with Gasteiger partial charge in [0, 0.05) is 24.5 Å². The standard InChI is InChI=1S/C18H12F8N6O/c19-15(20)14-9(7-32(30-14)18(24,25)26)16(33)28-10-2-4-31-12(10)6-11(29-31)8-1-3-27-13(5-8)17(21,22)23/h1,3,5-7,10,15H,2,4H2,(H,28,33)/t10-/m1/s1. The maximum absolute atomic E-state index is 13.1. The number of hydrogen-bond acceptors (Lipinski definition) is 4. The third-order valence-corrected chi connectivity index (χ3v) is 4.90. The first-order chi connectivity index (χ1) is 15.3. The Bertz CT molecular complexity index is 1200. The molecule has 176 valence electrons. The minimum atomic E-state index is -5.09. The molecule has 0 saturated carbocycles. The van der Waals surface area contributed by atoms with Crippen molar-refractivity contribution in [1.29, 1.82) is 0 Å². The Morgan fingerprint density at radius 1 is 1.12 bits per heavy atom. The van der Waals surface area contributed by atoms with Gasteiger partial charge in [-0.15, -0.1) is 13.2 Å². The Morgan fingerprint density at radius 2 is 1.85 bits per heavy atom. The van der Waals surface area contributed by atoms with Gasteiger partial charge in [0.2, 0.25) is 0 Å². The van der Waals surface area contributed by atoms with Crippen LogP contribution < -0.4 is 5.32 Å². The summed E-state index contributed by atoms with van der Waals surface area (Å²) < 4.78 is 104. The fraction of sp³-hybridized carbons (Fsp3) is 0.333. The maximum atomic E-state index is 13.1. The van der Waals surface area contributed by atoms with Crippen LogP contribution in [0.2, 0.25) is 0 Å². The van der Waals surface area contributed by atoms with Crippen LogP contribution in [0.25, 0.3) is 11.3 Å². The van der Waals surface area contributed by atoms with Gasteiger partial charge < -0.3 is 5.32 Å². The summed E-state index contributed by atoms with van der Waals surface area (Å²) >= 11 is 0. The smallest absolute Gasteiger partial charge is 0.343 e. The van der Waals surface area contributed by atoms with Gasteiger partial charge in [0.1, 0.15) is 11.4 Å². The van der Waals surface area contributed by atoms with E-state index in [1.54, 1.807) is 0 Å². The van der Waals surface area contributed by atoms with Crippen LogP contribution in [0.3, 0.4) is 0 Å². The molecule has 3 aromatic heterocycles. The number of fused-ring (bicyclic) bond motifs is 1. The van der Waals surface area contributed by atoms with E-state index in [4.69, 9.17) is 0 Å². The summed E-state index contributed by atoms with van der Waals surface area (Å²) in [5.41, 5.74) is -2.78. The zero-order chi connectivity index (χ0) is 24.1. The van der Waals surface area contributed by atoms with Gasteiger partial charge >= 0.3 is 12.5 Å². The number of carbonyl (C=O) groups is 1. The van der Waals surface area contributed by atoms with Crippen LogP contribution in [0.15, 0.2) is 30.6 Å². The molecule has 0 spiro atoms. The summed E-state index contributed by atoms with van der Waals surface area (Å²) in [5, 5.41) is 9.31. The van der Waals surface area contributed by atoms with Gasteiger partial charge in [0.15, 0.2) is 0 Å². The minimum absolute atomic E-state index is 0.107. The van der Waals surface area contributed by atoms with E-state index >= 15 is 0 Å². The van der Waals surface area contributed by atoms with Gasteiger partial charge in [0.05, 0.1) is 23.0 Å². The number of carbonyl (C=O) groups excluding carboxylic acids is 1. The molecule has 1 N–H and O–H groups in total. The second-order valence-corrected chi connectivity index (χ2v) is 7.06. The van der Waals surface area contributed by atoms with Gasteiger partial charge in [-0.2, -0.15) is 28.1 Å². The largest absolute Gasteiger partial charge is 0.504 e. The Kier molecular flexibility index (Phi) is 5.36. The lowest BCUT2D eigenvalue weighted by Gasteiger charge is -2.12. The zero-order valence-corrected chi connectivity index (χ0v) is 16.1. The molecule has 7 nitrogen and oxygen atoms in total. The number of hydrogen-bond donors (Lipinski definition) is 1. The average Bonchev–Trinajstić information content (AvgIpc) is 3.42. The molecule has 0 fully saturated rings. The van der Waals surface area contributed by atoms with E-state index in [-0.39, 0.29) is 30.4 Å². The number of rotatable bonds is 4. The van der Waals surface area contributed by atoms with Crippen LogP contribution >= 0.6 is 0 Å². The van der Waals surface area contributed by atoms with E-state index in [0.717, 1.165) is 12.3 Å². The summed E-state index contributed by atoms with van der Waals surface area (Å²) in [7, 11) is 0. The number of amides is 1. The summed E-state index contributed by atoms with van der Waals surface area (Å²) in [6, 6.07) is 2.69. The molecule has 1 aliphatic rings. The van der Waals surface area contributed by atoms with Crippen LogP contribution in [0.4, 0.5) is 35.1 Å². The second-order valence-electron chi connectivity index (χ2n) is 7.06. The highest BCUT2D eigenvalue weighted by Gasteiger charge is 2.37. The molecule has 1 atom stereocenters. The van der Waals surface area contributed by atoms with Crippen molar-refractivity contribution in [2.24, 2.45) is 0 Å². The monoisotopic (exact) mass is 480 g/mol. The lowest BCUT2D eigenvalue weighted by Crippen LogP contribution is -2.27. The number of aryl methyl sites for hydroxylation is 1. The van der Waals surface area contributed by atoms with Crippen LogP contribution in [0, 0.1) is 0 Å². The van der Waals surface area contributed by atoms with Crippen molar-refractivity contribution >= 4 is 5.91 Å². The predicted molar refractivity (Wildman–Crippen MR) is 93.8 cm³/mol. The number of halogens is 8. The van der Waals surface area contributed by atoms with Crippen molar-refractivity contribution in [1.82, 2.24) is 29.9 Å². The topological polar surface area (TPSA) is 77.6 Å². The summed E-state index contributed by atoms with van der Waals surface area (Å²) in [4.78, 5) is 15.7. The first-order valence-corrected chi connectivity index (χ1v) is 9.21. The number of alkyl halides is 8. The summed E-state index contributed by atoms with van der Waals surface area (Å²) in [6.07, 6.45) is -11.8. The fourth-order valence-corrected chi connectivity index (χ4v) is 3.41. The van der Waals surface area contributed by atoms with Crippen LogP contribution in [0.5, 0.6) is 0 Å². The van der Waals surface area contributed by atoms with Crippen LogP contribution in [0.1, 0.15) is 46.3 Å². The number of nitrogens with zero attached hydrogens (tertiary/aromatic N) is 5. The molecule has 1 aliphatic heterocycles. The third kappa shape index (κ3) is 4.39. The molecule has 3 aromatic rings. The van der Waals surface area contributed by atoms with Gasteiger partial charge in [-0.1, -0.05) is 0 Å². The van der Waals surface area contributed by atoms with Crippen LogP contribution in [-0.4, -0.2) is 30.5 Å². The fourth-order valence-electron chi connectivity index (χ4n) is 3.41. The van der Waals surface area contributed by atoms with Crippen molar-refractivity contribution in [2.75, 3.05) is 0 Å². The quantitative estimate of drug-likeness (QED) is 0.560. The Balaban J connectivity index is 1.59. The van der Waals surface area contributed by atoms with Gasteiger partial charge in [-0.05, 0) is 24.6 Å². The molecule has 0 aromatic carbocycles. The molecule has 0 unspecified atom stereocenters. The Labute approximate surface area is 179 Å². The summed E-state index contributed by atoms with van der Waals surface area (Å²) in [5.74, 6) is -1.20. The molecule has 0 saturated heterocycles. The van der Waals surface area contributed by atoms with Gasteiger partial charge in [0.25, 0.3) is 12.3 Å². The van der Waals surface area contributed by atoms with Crippen molar-refractivity contribution in [3.05, 3.63) is 53.2 Å². The number of pyridine rings is 1. The third-order valence-electron chi connectivity index (χ3n) is 4.90. The maximum Gasteiger partial charge on any atom is 0.504 e. The Morgan fingerprint density at radius 3 is 2.48 bits per heavy atom. The van der Waals surface area contributed by atoms with E-state index < -0.39 is 52.5 Å². The van der Waals surface area contributed by atoms with Crippen molar-refractivity contribution < 1.29 is 39.9 Å². The molecule has 4 rings (SSSR count). The molecule has 4 heterocycles. The predicted octanol–water partition coefficient (Wildman–Crippen LogP) is 4.45. The lowest BCUT2D eigenvalue weighted by molar-refractivity contribution is -0.212. The molecule has 0 radical (unpaired) electrons. The highest BCUT2D eigenvalue weighted by Crippen LogP contribution is 2.34. The highest BCUT2D eigenvalue weighted by atomic mass is 19.4. The number of aromatic nitrogens is 5. The molecule has 0 bridgehead atoms. The van der Waals surface area contributed by atoms with E-state index in [0.29, 0.717) is 5.69 Å². The van der Waals surface area contributed by atoms with Gasteiger partial charge in [-0.25, -0.2) is 8.78 Å². The molecule has 15 heteroatoms. The molecular weight excluding hydrogens is 468 g/mol. The number of nitrogens with one attached hydrogen (secondary N) is 1. The lowest BCUT2D eigenvalue weighted by atomic mass is 10.1. The van der Waals surface area contributed by atoms with E-state index in [1.807, 2.05) is 0 Å². The molecular formula is C18H12F8N6O. The highest BCUT2D eigenvalue weighted by molar-refractivity contribution is 5.95. The minimum Gasteiger partial charge on any atom is -0.343 e. The Hall–Kier alpha value is -3.52. The van der Waals surface area contributed by atoms with Crippen molar-refractivity contribution in [3.63, 3.8) is 0 Å². The van der Waals surface area contributed by atoms with Gasteiger partial charge in [-0.3, -0.25) is 14.5 Å². The van der Waals surface area contributed by atoms with Crippen LogP contribution in [-0.2, 0) is 19.0 Å².